The highest BCUT2D eigenvalue weighted by atomic mass is 32.1. The minimum Gasteiger partial charge on any atom is -0.477 e. The van der Waals surface area contributed by atoms with Gasteiger partial charge in [0.2, 0.25) is 11.8 Å². The van der Waals surface area contributed by atoms with Crippen molar-refractivity contribution >= 4 is 34.8 Å². The Hall–Kier alpha value is -2.37. The van der Waals surface area contributed by atoms with Crippen LogP contribution in [-0.4, -0.2) is 60.6 Å². The molecule has 1 N–H and O–H groups in total. The monoisotopic (exact) mass is 446 g/mol. The largest absolute Gasteiger partial charge is 0.477 e. The Morgan fingerprint density at radius 2 is 1.90 bits per heavy atom. The molecule has 7 nitrogen and oxygen atoms in total. The summed E-state index contributed by atoms with van der Waals surface area (Å²) < 4.78 is 5.32. The average Bonchev–Trinajstić information content (AvgIpc) is 3.21. The Labute approximate surface area is 187 Å². The smallest absolute Gasteiger partial charge is 0.348 e. The first-order valence-electron chi connectivity index (χ1n) is 10.9. The van der Waals surface area contributed by atoms with Crippen LogP contribution in [0.15, 0.2) is 6.07 Å². The molecule has 1 aromatic rings. The minimum atomic E-state index is -1.11. The fourth-order valence-corrected chi connectivity index (χ4v) is 4.90. The van der Waals surface area contributed by atoms with Crippen molar-refractivity contribution in [3.8, 4) is 11.8 Å². The van der Waals surface area contributed by atoms with E-state index >= 15 is 0 Å². The van der Waals surface area contributed by atoms with Gasteiger partial charge in [0.15, 0.2) is 0 Å². The van der Waals surface area contributed by atoms with E-state index in [1.54, 1.807) is 11.0 Å². The third kappa shape index (κ3) is 5.86. The van der Waals surface area contributed by atoms with Gasteiger partial charge in [-0.25, -0.2) is 4.79 Å². The number of carbonyl (C=O) groups excluding carboxylic acids is 2. The quantitative estimate of drug-likeness (QED) is 0.702. The highest BCUT2D eigenvalue weighted by Crippen LogP contribution is 2.35. The summed E-state index contributed by atoms with van der Waals surface area (Å²) in [6.07, 6.45) is 4.09. The van der Waals surface area contributed by atoms with Crippen LogP contribution in [0.2, 0.25) is 0 Å². The molecule has 1 aromatic heterocycles. The van der Waals surface area contributed by atoms with Gasteiger partial charge in [-0.15, -0.1) is 11.3 Å². The van der Waals surface area contributed by atoms with E-state index in [4.69, 9.17) is 4.74 Å². The fourth-order valence-electron chi connectivity index (χ4n) is 4.03. The summed E-state index contributed by atoms with van der Waals surface area (Å²) >= 11 is 1.05. The van der Waals surface area contributed by atoms with Gasteiger partial charge in [-0.05, 0) is 37.7 Å². The molecule has 2 amide bonds. The van der Waals surface area contributed by atoms with Crippen molar-refractivity contribution in [3.05, 3.63) is 15.8 Å². The molecule has 0 aromatic carbocycles. The second kappa shape index (κ2) is 10.8. The van der Waals surface area contributed by atoms with E-state index in [0.717, 1.165) is 37.0 Å². The van der Waals surface area contributed by atoms with Crippen molar-refractivity contribution in [2.45, 2.75) is 46.0 Å². The van der Waals surface area contributed by atoms with Gasteiger partial charge in [-0.1, -0.05) is 25.7 Å². The summed E-state index contributed by atoms with van der Waals surface area (Å²) in [6.45, 7) is 5.82. The summed E-state index contributed by atoms with van der Waals surface area (Å²) in [4.78, 5) is 42.2. The number of aromatic carboxylic acids is 1. The molecule has 1 saturated carbocycles. The summed E-state index contributed by atoms with van der Waals surface area (Å²) in [7, 11) is 0. The van der Waals surface area contributed by atoms with Crippen LogP contribution >= 0.6 is 11.3 Å². The van der Waals surface area contributed by atoms with Gasteiger partial charge in [0.1, 0.15) is 11.4 Å². The first-order valence-corrected chi connectivity index (χ1v) is 11.7. The van der Waals surface area contributed by atoms with Crippen LogP contribution < -0.4 is 4.90 Å². The molecule has 2 aliphatic rings. The van der Waals surface area contributed by atoms with Gasteiger partial charge < -0.3 is 19.6 Å². The summed E-state index contributed by atoms with van der Waals surface area (Å²) in [6, 6.07) is 1.65. The lowest BCUT2D eigenvalue weighted by Crippen LogP contribution is -2.48. The molecule has 0 atom stereocenters. The van der Waals surface area contributed by atoms with Crippen molar-refractivity contribution in [2.24, 2.45) is 11.8 Å². The number of rotatable bonds is 5. The van der Waals surface area contributed by atoms with Crippen molar-refractivity contribution in [1.82, 2.24) is 4.90 Å². The van der Waals surface area contributed by atoms with E-state index in [1.807, 2.05) is 6.92 Å². The molecule has 2 fully saturated rings. The molecule has 3 rings (SSSR count). The minimum absolute atomic E-state index is 0.0488. The number of morpholine rings is 1. The van der Waals surface area contributed by atoms with Crippen molar-refractivity contribution < 1.29 is 24.2 Å². The van der Waals surface area contributed by atoms with E-state index in [-0.39, 0.29) is 34.8 Å². The zero-order chi connectivity index (χ0) is 22.4. The Bertz CT molecular complexity index is 870. The maximum absolute atomic E-state index is 13.5. The second-order valence-electron chi connectivity index (χ2n) is 8.16. The normalized spacial score (nSPS) is 21.2. The molecule has 8 heteroatoms. The van der Waals surface area contributed by atoms with Gasteiger partial charge in [0.25, 0.3) is 0 Å². The number of amides is 2. The molecule has 0 spiro atoms. The first-order chi connectivity index (χ1) is 14.9. The van der Waals surface area contributed by atoms with Gasteiger partial charge in [-0.2, -0.15) is 0 Å². The van der Waals surface area contributed by atoms with Crippen LogP contribution in [0.1, 0.15) is 60.5 Å². The molecule has 0 radical (unpaired) electrons. The number of carboxylic acids is 1. The number of hydrogen-bond donors (Lipinski definition) is 1. The average molecular weight is 447 g/mol. The van der Waals surface area contributed by atoms with E-state index in [2.05, 4.69) is 18.8 Å². The Balaban J connectivity index is 1.92. The summed E-state index contributed by atoms with van der Waals surface area (Å²) in [5.74, 6) is 4.83. The fraction of sp³-hybridized carbons (Fsp3) is 0.609. The van der Waals surface area contributed by atoms with E-state index in [9.17, 15) is 19.5 Å². The second-order valence-corrected chi connectivity index (χ2v) is 9.21. The summed E-state index contributed by atoms with van der Waals surface area (Å²) in [5.41, 5.74) is 0.281. The number of carbonyl (C=O) groups is 3. The maximum atomic E-state index is 13.5. The number of hydrogen-bond acceptors (Lipinski definition) is 5. The predicted molar refractivity (Wildman–Crippen MR) is 119 cm³/mol. The highest BCUT2D eigenvalue weighted by molar-refractivity contribution is 7.15. The van der Waals surface area contributed by atoms with E-state index in [0.29, 0.717) is 43.5 Å². The molecule has 2 heterocycles. The summed E-state index contributed by atoms with van der Waals surface area (Å²) in [5, 5.41) is 9.78. The molecule has 168 valence electrons. The zero-order valence-corrected chi connectivity index (χ0v) is 19.0. The van der Waals surface area contributed by atoms with E-state index in [1.165, 1.54) is 4.90 Å². The number of anilines is 1. The zero-order valence-electron chi connectivity index (χ0n) is 18.2. The highest BCUT2D eigenvalue weighted by Gasteiger charge is 2.34. The third-order valence-corrected chi connectivity index (χ3v) is 6.90. The molecule has 1 aliphatic heterocycles. The Morgan fingerprint density at radius 1 is 1.23 bits per heavy atom. The number of carboxylic acid groups (broad SMARTS) is 1. The van der Waals surface area contributed by atoms with Crippen LogP contribution in [0, 0.1) is 23.7 Å². The standard InChI is InChI=1S/C23H30N2O5S/c1-3-4-5-18-14-19(21(31-18)23(28)29)25(15-20(26)24-10-12-30-13-11-24)22(27)17-8-6-16(2)7-9-17/h14,16-17H,3,6-13,15H2,1-2H3,(H,28,29). The molecule has 1 saturated heterocycles. The van der Waals surface area contributed by atoms with Crippen LogP contribution in [0.25, 0.3) is 0 Å². The van der Waals surface area contributed by atoms with Crippen molar-refractivity contribution in [3.63, 3.8) is 0 Å². The Morgan fingerprint density at radius 3 is 2.52 bits per heavy atom. The molecule has 1 aliphatic carbocycles. The molecular weight excluding hydrogens is 416 g/mol. The number of ether oxygens (including phenoxy) is 1. The lowest BCUT2D eigenvalue weighted by molar-refractivity contribution is -0.135. The molecular formula is C23H30N2O5S. The van der Waals surface area contributed by atoms with Gasteiger partial charge >= 0.3 is 5.97 Å². The SMILES string of the molecule is CCC#Cc1cc(N(CC(=O)N2CCOCC2)C(=O)C2CCC(C)CC2)c(C(=O)O)s1. The molecule has 31 heavy (non-hydrogen) atoms. The molecule has 0 bridgehead atoms. The van der Waals surface area contributed by atoms with Crippen molar-refractivity contribution in [2.75, 3.05) is 37.7 Å². The maximum Gasteiger partial charge on any atom is 0.348 e. The van der Waals surface area contributed by atoms with Gasteiger partial charge in [-0.3, -0.25) is 9.59 Å². The predicted octanol–water partition coefficient (Wildman–Crippen LogP) is 3.23. The van der Waals surface area contributed by atoms with Crippen molar-refractivity contribution in [1.29, 1.82) is 0 Å². The number of nitrogens with zero attached hydrogens (tertiary/aromatic N) is 2. The Kier molecular flexibility index (Phi) is 8.10. The van der Waals surface area contributed by atoms with Gasteiger partial charge in [0, 0.05) is 25.4 Å². The lowest BCUT2D eigenvalue weighted by Gasteiger charge is -2.33. The van der Waals surface area contributed by atoms with Crippen LogP contribution in [-0.2, 0) is 14.3 Å². The lowest BCUT2D eigenvalue weighted by atomic mass is 9.82. The topological polar surface area (TPSA) is 87.2 Å². The van der Waals surface area contributed by atoms with Crippen LogP contribution in [0.4, 0.5) is 5.69 Å². The van der Waals surface area contributed by atoms with Crippen LogP contribution in [0.5, 0.6) is 0 Å². The van der Waals surface area contributed by atoms with Crippen LogP contribution in [0.3, 0.4) is 0 Å². The first kappa shape index (κ1) is 23.3. The van der Waals surface area contributed by atoms with E-state index < -0.39 is 5.97 Å². The van der Waals surface area contributed by atoms with Gasteiger partial charge in [0.05, 0.1) is 23.8 Å². The third-order valence-electron chi connectivity index (χ3n) is 5.87. The number of thiophene rings is 1. The molecule has 0 unspecified atom stereocenters.